The summed E-state index contributed by atoms with van der Waals surface area (Å²) < 4.78 is 36.2. The van der Waals surface area contributed by atoms with Crippen LogP contribution in [0.25, 0.3) is 0 Å². The Morgan fingerprint density at radius 1 is 0.881 bits per heavy atom. The molecule has 2 rings (SSSR count). The second-order valence-corrected chi connectivity index (χ2v) is 21.8. The average molecular weight is 618 g/mol. The molecule has 0 aliphatic heterocycles. The molecule has 7 heteroatoms. The summed E-state index contributed by atoms with van der Waals surface area (Å²) in [4.78, 5) is 0. The van der Waals surface area contributed by atoms with Gasteiger partial charge in [0.15, 0.2) is 8.32 Å². The molecule has 0 aromatic heterocycles. The smallest absolute Gasteiger partial charge is 0.192 e. The summed E-state index contributed by atoms with van der Waals surface area (Å²) in [6.07, 6.45) is 3.25. The molecule has 0 saturated carbocycles. The van der Waals surface area contributed by atoms with Crippen molar-refractivity contribution in [3.8, 4) is 5.75 Å². The number of sulfone groups is 1. The highest BCUT2D eigenvalue weighted by atomic mass is 32.2. The van der Waals surface area contributed by atoms with E-state index in [-0.39, 0.29) is 27.7 Å². The lowest BCUT2D eigenvalue weighted by molar-refractivity contribution is 0.0310. The van der Waals surface area contributed by atoms with Crippen LogP contribution in [0.2, 0.25) is 18.1 Å². The topological polar surface area (TPSA) is 64.6 Å². The van der Waals surface area contributed by atoms with Crippen LogP contribution in [0.3, 0.4) is 0 Å². The van der Waals surface area contributed by atoms with E-state index in [1.165, 1.54) is 28.5 Å². The van der Waals surface area contributed by atoms with E-state index in [0.717, 1.165) is 24.2 Å². The molecule has 5 nitrogen and oxygen atoms in total. The van der Waals surface area contributed by atoms with E-state index in [1.807, 2.05) is 0 Å². The molecule has 0 fully saturated rings. The van der Waals surface area contributed by atoms with E-state index in [2.05, 4.69) is 124 Å². The average Bonchev–Trinajstić information content (AvgIpc) is 2.85. The number of nitrogens with one attached hydrogen (secondary N) is 1. The van der Waals surface area contributed by atoms with Crippen LogP contribution >= 0.6 is 0 Å². The highest BCUT2D eigenvalue weighted by Crippen LogP contribution is 2.42. The maximum absolute atomic E-state index is 11.4. The van der Waals surface area contributed by atoms with Gasteiger partial charge in [-0.15, -0.1) is 0 Å². The highest BCUT2D eigenvalue weighted by molar-refractivity contribution is 7.90. The van der Waals surface area contributed by atoms with E-state index in [0.29, 0.717) is 19.7 Å². The Balaban J connectivity index is 2.28. The van der Waals surface area contributed by atoms with Crippen LogP contribution in [0.1, 0.15) is 96.0 Å². The fourth-order valence-electron chi connectivity index (χ4n) is 5.17. The molecule has 42 heavy (non-hydrogen) atoms. The van der Waals surface area contributed by atoms with Gasteiger partial charge in [-0.25, -0.2) is 8.42 Å². The van der Waals surface area contributed by atoms with Gasteiger partial charge in [0, 0.05) is 24.8 Å². The monoisotopic (exact) mass is 617 g/mol. The van der Waals surface area contributed by atoms with Gasteiger partial charge < -0.3 is 14.5 Å². The van der Waals surface area contributed by atoms with Crippen molar-refractivity contribution in [3.63, 3.8) is 0 Å². The summed E-state index contributed by atoms with van der Waals surface area (Å²) >= 11 is 0. The van der Waals surface area contributed by atoms with Crippen molar-refractivity contribution >= 4 is 18.2 Å². The Morgan fingerprint density at radius 3 is 1.88 bits per heavy atom. The predicted molar refractivity (Wildman–Crippen MR) is 182 cm³/mol. The van der Waals surface area contributed by atoms with E-state index in [4.69, 9.17) is 9.16 Å². The molecule has 0 bridgehead atoms. The Kier molecular flexibility index (Phi) is 12.1. The first kappa shape index (κ1) is 36.5. The molecular weight excluding hydrogens is 559 g/mol. The molecule has 0 amide bonds. The standard InChI is InChI=1S/C35H59NO4SSi/c1-14-35(15-2,29-17-16-28(26(3)22-29)24-36-20-21-41(11,37)38)30-18-19-31(27(4)23-30)39-25-32(33(5,6)7)40-42(12,13)34(8,9)10/h16-19,22-23,32,36H,14-15,20-21,24-25H2,1-13H3. The van der Waals surface area contributed by atoms with Gasteiger partial charge in [-0.3, -0.25) is 0 Å². The van der Waals surface area contributed by atoms with Gasteiger partial charge >= 0.3 is 0 Å². The minimum atomic E-state index is -2.96. The molecule has 0 aliphatic rings. The molecule has 0 radical (unpaired) electrons. The lowest BCUT2D eigenvalue weighted by Crippen LogP contribution is -2.49. The maximum Gasteiger partial charge on any atom is 0.192 e. The normalized spacial score (nSPS) is 14.2. The van der Waals surface area contributed by atoms with Crippen LogP contribution in [0.15, 0.2) is 36.4 Å². The van der Waals surface area contributed by atoms with Crippen LogP contribution in [-0.2, 0) is 26.2 Å². The number of rotatable bonds is 14. The molecule has 238 valence electrons. The Labute approximate surface area is 259 Å². The molecule has 0 heterocycles. The van der Waals surface area contributed by atoms with Gasteiger partial charge in [0.05, 0.1) is 11.9 Å². The first-order valence-corrected chi connectivity index (χ1v) is 20.5. The van der Waals surface area contributed by atoms with Gasteiger partial charge in [-0.1, -0.05) is 85.7 Å². The second-order valence-electron chi connectivity index (χ2n) is 14.8. The number of benzene rings is 2. The highest BCUT2D eigenvalue weighted by Gasteiger charge is 2.42. The van der Waals surface area contributed by atoms with Crippen molar-refractivity contribution in [2.75, 3.05) is 25.2 Å². The molecule has 0 spiro atoms. The SMILES string of the molecule is CCC(CC)(c1ccc(CNCCS(C)(=O)=O)c(C)c1)c1ccc(OCC(O[Si](C)(C)C(C)(C)C)C(C)(C)C)c(C)c1. The number of aryl methyl sites for hydroxylation is 2. The molecule has 1 N–H and O–H groups in total. The van der Waals surface area contributed by atoms with E-state index >= 15 is 0 Å². The zero-order valence-electron chi connectivity index (χ0n) is 28.8. The van der Waals surface area contributed by atoms with Crippen LogP contribution < -0.4 is 10.1 Å². The summed E-state index contributed by atoms with van der Waals surface area (Å²) in [5.74, 6) is 1.07. The molecule has 0 aliphatic carbocycles. The Bertz CT molecular complexity index is 1290. The summed E-state index contributed by atoms with van der Waals surface area (Å²) in [6, 6.07) is 13.4. The van der Waals surface area contributed by atoms with Crippen molar-refractivity contribution < 1.29 is 17.6 Å². The predicted octanol–water partition coefficient (Wildman–Crippen LogP) is 8.36. The van der Waals surface area contributed by atoms with Crippen LogP contribution in [0.5, 0.6) is 5.75 Å². The maximum atomic E-state index is 11.4. The lowest BCUT2D eigenvalue weighted by Gasteiger charge is -2.43. The molecule has 1 atom stereocenters. The molecular formula is C35H59NO4SSi. The quantitative estimate of drug-likeness (QED) is 0.170. The molecule has 2 aromatic rings. The fourth-order valence-corrected chi connectivity index (χ4v) is 7.17. The Morgan fingerprint density at radius 2 is 1.43 bits per heavy atom. The molecule has 1 unspecified atom stereocenters. The first-order valence-electron chi connectivity index (χ1n) is 15.6. The minimum Gasteiger partial charge on any atom is -0.491 e. The summed E-state index contributed by atoms with van der Waals surface area (Å²) in [5.41, 5.74) is 6.04. The van der Waals surface area contributed by atoms with Crippen molar-refractivity contribution in [2.24, 2.45) is 5.41 Å². The Hall–Kier alpha value is -1.67. The van der Waals surface area contributed by atoms with Crippen LogP contribution in [0.4, 0.5) is 0 Å². The second kappa shape index (κ2) is 14.0. The van der Waals surface area contributed by atoms with Gasteiger partial charge in [-0.2, -0.15) is 0 Å². The van der Waals surface area contributed by atoms with Gasteiger partial charge in [0.25, 0.3) is 0 Å². The fraction of sp³-hybridized carbons (Fsp3) is 0.657. The zero-order valence-corrected chi connectivity index (χ0v) is 30.6. The third kappa shape index (κ3) is 9.41. The number of ether oxygens (including phenoxy) is 1. The van der Waals surface area contributed by atoms with E-state index in [1.54, 1.807) is 0 Å². The third-order valence-electron chi connectivity index (χ3n) is 9.39. The van der Waals surface area contributed by atoms with E-state index < -0.39 is 18.2 Å². The largest absolute Gasteiger partial charge is 0.491 e. The van der Waals surface area contributed by atoms with Crippen LogP contribution in [0, 0.1) is 19.3 Å². The van der Waals surface area contributed by atoms with Crippen molar-refractivity contribution in [1.82, 2.24) is 5.32 Å². The number of hydrogen-bond acceptors (Lipinski definition) is 5. The summed E-state index contributed by atoms with van der Waals surface area (Å²) in [7, 11) is -4.91. The van der Waals surface area contributed by atoms with Gasteiger partial charge in [-0.05, 0) is 84.1 Å². The lowest BCUT2D eigenvalue weighted by atomic mass is 9.70. The zero-order chi connectivity index (χ0) is 32.1. The number of hydrogen-bond donors (Lipinski definition) is 1. The van der Waals surface area contributed by atoms with Crippen LogP contribution in [-0.4, -0.2) is 48.0 Å². The van der Waals surface area contributed by atoms with Gasteiger partial charge in [0.2, 0.25) is 0 Å². The van der Waals surface area contributed by atoms with Crippen molar-refractivity contribution in [3.05, 3.63) is 64.2 Å². The third-order valence-corrected chi connectivity index (χ3v) is 14.8. The molecule has 0 saturated heterocycles. The molecule has 2 aromatic carbocycles. The first-order chi connectivity index (χ1) is 19.2. The summed E-state index contributed by atoms with van der Waals surface area (Å²) in [5, 5.41) is 3.42. The summed E-state index contributed by atoms with van der Waals surface area (Å²) in [6.45, 7) is 28.7. The van der Waals surface area contributed by atoms with Crippen molar-refractivity contribution in [2.45, 2.75) is 118 Å². The van der Waals surface area contributed by atoms with Crippen molar-refractivity contribution in [1.29, 1.82) is 0 Å². The minimum absolute atomic E-state index is 0.00481. The van der Waals surface area contributed by atoms with Gasteiger partial charge in [0.1, 0.15) is 22.2 Å². The van der Waals surface area contributed by atoms with E-state index in [9.17, 15) is 8.42 Å².